The first-order valence-electron chi connectivity index (χ1n) is 9.12. The van der Waals surface area contributed by atoms with Crippen molar-refractivity contribution in [3.63, 3.8) is 0 Å². The number of nitrogens with zero attached hydrogens (tertiary/aromatic N) is 2. The summed E-state index contributed by atoms with van der Waals surface area (Å²) in [5, 5.41) is 7.45. The zero-order valence-electron chi connectivity index (χ0n) is 15.9. The number of ether oxygens (including phenoxy) is 1. The van der Waals surface area contributed by atoms with Crippen LogP contribution in [0.1, 0.15) is 11.1 Å². The topological polar surface area (TPSA) is 99.7 Å². The second-order valence-corrected chi connectivity index (χ2v) is 6.71. The summed E-state index contributed by atoms with van der Waals surface area (Å²) >= 11 is 0. The Morgan fingerprint density at radius 2 is 1.61 bits per heavy atom. The van der Waals surface area contributed by atoms with E-state index >= 15 is 0 Å². The Labute approximate surface area is 164 Å². The van der Waals surface area contributed by atoms with Crippen LogP contribution >= 0.6 is 0 Å². The summed E-state index contributed by atoms with van der Waals surface area (Å²) in [6, 6.07) is 15.7. The van der Waals surface area contributed by atoms with E-state index in [4.69, 9.17) is 11.1 Å². The minimum absolute atomic E-state index is 0.00293. The van der Waals surface area contributed by atoms with Gasteiger partial charge in [0.05, 0.1) is 7.11 Å². The Balaban J connectivity index is 1.55. The number of rotatable bonds is 7. The first-order chi connectivity index (χ1) is 13.5. The lowest BCUT2D eigenvalue weighted by atomic mass is 10.0. The number of amides is 2. The van der Waals surface area contributed by atoms with Gasteiger partial charge in [-0.1, -0.05) is 48.5 Å². The molecule has 7 nitrogen and oxygen atoms in total. The lowest BCUT2D eigenvalue weighted by Crippen LogP contribution is -2.36. The number of methoxy groups -OCH3 is 1. The molecule has 3 rings (SSSR count). The van der Waals surface area contributed by atoms with Crippen molar-refractivity contribution < 1.29 is 14.3 Å². The summed E-state index contributed by atoms with van der Waals surface area (Å²) in [6.45, 7) is 1.78. The van der Waals surface area contributed by atoms with Crippen LogP contribution in [0.15, 0.2) is 48.5 Å². The van der Waals surface area contributed by atoms with Crippen molar-refractivity contribution in [2.45, 2.75) is 6.42 Å². The monoisotopic (exact) mass is 380 g/mol. The summed E-state index contributed by atoms with van der Waals surface area (Å²) < 4.78 is 4.62. The molecule has 0 radical (unpaired) electrons. The fraction of sp³-hybridized carbons (Fsp3) is 0.286. The molecule has 0 spiro atoms. The summed E-state index contributed by atoms with van der Waals surface area (Å²) in [5.41, 5.74) is 9.48. The molecule has 2 aromatic rings. The van der Waals surface area contributed by atoms with Crippen molar-refractivity contribution in [1.82, 2.24) is 9.80 Å². The molecule has 0 saturated carbocycles. The summed E-state index contributed by atoms with van der Waals surface area (Å²) in [4.78, 5) is 26.9. The lowest BCUT2D eigenvalue weighted by molar-refractivity contribution is -0.141. The van der Waals surface area contributed by atoms with Gasteiger partial charge in [0.2, 0.25) is 0 Å². The molecule has 7 heteroatoms. The van der Waals surface area contributed by atoms with Gasteiger partial charge in [0, 0.05) is 25.2 Å². The number of nitrogens with one attached hydrogen (secondary N) is 1. The Kier molecular flexibility index (Phi) is 5.93. The molecule has 1 saturated heterocycles. The van der Waals surface area contributed by atoms with Crippen molar-refractivity contribution >= 4 is 17.8 Å². The molecule has 0 atom stereocenters. The average molecular weight is 380 g/mol. The highest BCUT2D eigenvalue weighted by Gasteiger charge is 2.29. The van der Waals surface area contributed by atoms with E-state index in [1.807, 2.05) is 36.4 Å². The molecule has 1 aliphatic rings. The smallest absolute Gasteiger partial charge is 0.325 e. The van der Waals surface area contributed by atoms with Gasteiger partial charge in [-0.25, -0.2) is 4.79 Å². The van der Waals surface area contributed by atoms with E-state index in [1.54, 1.807) is 4.90 Å². The molecule has 1 heterocycles. The van der Waals surface area contributed by atoms with Crippen LogP contribution < -0.4 is 5.73 Å². The number of amidine groups is 1. The van der Waals surface area contributed by atoms with E-state index in [1.165, 1.54) is 12.0 Å². The fourth-order valence-corrected chi connectivity index (χ4v) is 3.18. The number of urea groups is 1. The molecular weight excluding hydrogens is 356 g/mol. The van der Waals surface area contributed by atoms with Gasteiger partial charge in [-0.15, -0.1) is 0 Å². The number of carbonyl (C=O) groups is 2. The maximum Gasteiger partial charge on any atom is 0.325 e. The third-order valence-corrected chi connectivity index (χ3v) is 4.88. The highest BCUT2D eigenvalue weighted by molar-refractivity contribution is 5.95. The van der Waals surface area contributed by atoms with Crippen LogP contribution in [0.4, 0.5) is 4.79 Å². The molecule has 0 bridgehead atoms. The van der Waals surface area contributed by atoms with E-state index < -0.39 is 5.97 Å². The van der Waals surface area contributed by atoms with Crippen molar-refractivity contribution in [2.75, 3.05) is 33.3 Å². The third-order valence-electron chi connectivity index (χ3n) is 4.88. The van der Waals surface area contributed by atoms with Crippen molar-refractivity contribution in [3.05, 3.63) is 59.7 Å². The van der Waals surface area contributed by atoms with Crippen LogP contribution in [0.3, 0.4) is 0 Å². The zero-order valence-corrected chi connectivity index (χ0v) is 15.9. The van der Waals surface area contributed by atoms with Crippen LogP contribution in [0.25, 0.3) is 11.1 Å². The van der Waals surface area contributed by atoms with Crippen LogP contribution in [0.2, 0.25) is 0 Å². The highest BCUT2D eigenvalue weighted by Crippen LogP contribution is 2.21. The molecule has 2 aromatic carbocycles. The Hall–Kier alpha value is -3.35. The molecule has 28 heavy (non-hydrogen) atoms. The number of hydrogen-bond acceptors (Lipinski definition) is 4. The number of hydrogen-bond donors (Lipinski definition) is 2. The SMILES string of the molecule is COC(=O)CN1CCN(CCc2ccc(-c3ccc(C(=N)N)cc3)cc2)C1=O. The van der Waals surface area contributed by atoms with Gasteiger partial charge in [0.25, 0.3) is 0 Å². The minimum Gasteiger partial charge on any atom is -0.468 e. The van der Waals surface area contributed by atoms with Crippen LogP contribution in [0.5, 0.6) is 0 Å². The fourth-order valence-electron chi connectivity index (χ4n) is 3.18. The van der Waals surface area contributed by atoms with Gasteiger partial charge in [0.15, 0.2) is 0 Å². The molecule has 2 amide bonds. The molecule has 3 N–H and O–H groups in total. The Morgan fingerprint density at radius 3 is 2.18 bits per heavy atom. The van der Waals surface area contributed by atoms with E-state index in [2.05, 4.69) is 16.9 Å². The van der Waals surface area contributed by atoms with Crippen molar-refractivity contribution in [2.24, 2.45) is 5.73 Å². The maximum atomic E-state index is 12.3. The van der Waals surface area contributed by atoms with Gasteiger partial charge in [-0.05, 0) is 23.1 Å². The van der Waals surface area contributed by atoms with Crippen LogP contribution in [-0.2, 0) is 16.0 Å². The van der Waals surface area contributed by atoms with E-state index in [0.29, 0.717) is 25.2 Å². The van der Waals surface area contributed by atoms with Gasteiger partial charge in [-0.2, -0.15) is 0 Å². The predicted octanol–water partition coefficient (Wildman–Crippen LogP) is 2.09. The summed E-state index contributed by atoms with van der Waals surface area (Å²) in [6.07, 6.45) is 0.751. The second kappa shape index (κ2) is 8.56. The number of esters is 1. The molecule has 0 aromatic heterocycles. The Bertz CT molecular complexity index is 862. The van der Waals surface area contributed by atoms with Gasteiger partial charge >= 0.3 is 12.0 Å². The van der Waals surface area contributed by atoms with Crippen molar-refractivity contribution in [1.29, 1.82) is 5.41 Å². The first-order valence-corrected chi connectivity index (χ1v) is 9.12. The van der Waals surface area contributed by atoms with E-state index in [0.717, 1.165) is 23.1 Å². The Morgan fingerprint density at radius 1 is 1.04 bits per heavy atom. The normalized spacial score (nSPS) is 13.7. The molecule has 1 fully saturated rings. The number of nitrogens with two attached hydrogens (primary N) is 1. The molecule has 0 unspecified atom stereocenters. The largest absolute Gasteiger partial charge is 0.468 e. The standard InChI is InChI=1S/C21H24N4O3/c1-28-19(26)14-25-13-12-24(21(25)27)11-10-15-2-4-16(5-3-15)17-6-8-18(9-7-17)20(22)23/h2-9H,10-14H2,1H3,(H3,22,23). The van der Waals surface area contributed by atoms with Gasteiger partial charge in [-0.3, -0.25) is 10.2 Å². The zero-order chi connectivity index (χ0) is 20.1. The van der Waals surface area contributed by atoms with Gasteiger partial charge in [0.1, 0.15) is 12.4 Å². The molecular formula is C21H24N4O3. The van der Waals surface area contributed by atoms with Crippen molar-refractivity contribution in [3.8, 4) is 11.1 Å². The predicted molar refractivity (Wildman–Crippen MR) is 107 cm³/mol. The molecule has 146 valence electrons. The second-order valence-electron chi connectivity index (χ2n) is 6.71. The third kappa shape index (κ3) is 4.49. The highest BCUT2D eigenvalue weighted by atomic mass is 16.5. The number of carbonyl (C=O) groups excluding carboxylic acids is 2. The lowest BCUT2D eigenvalue weighted by Gasteiger charge is -2.17. The van der Waals surface area contributed by atoms with Crippen LogP contribution in [0, 0.1) is 5.41 Å². The summed E-state index contributed by atoms with van der Waals surface area (Å²) in [7, 11) is 1.32. The van der Waals surface area contributed by atoms with Gasteiger partial charge < -0.3 is 20.3 Å². The number of benzene rings is 2. The molecule has 1 aliphatic heterocycles. The quantitative estimate of drug-likeness (QED) is 0.436. The van der Waals surface area contributed by atoms with E-state index in [9.17, 15) is 9.59 Å². The number of nitrogen functional groups attached to an aromatic ring is 1. The average Bonchev–Trinajstić information content (AvgIpc) is 3.06. The summed E-state index contributed by atoms with van der Waals surface area (Å²) in [5.74, 6) is -0.342. The minimum atomic E-state index is -0.401. The maximum absolute atomic E-state index is 12.3. The first kappa shape index (κ1) is 19.4. The van der Waals surface area contributed by atoms with E-state index in [-0.39, 0.29) is 18.4 Å². The van der Waals surface area contributed by atoms with Crippen LogP contribution in [-0.4, -0.2) is 60.9 Å². The molecule has 0 aliphatic carbocycles.